The summed E-state index contributed by atoms with van der Waals surface area (Å²) in [5.74, 6) is 0.682. The largest absolute Gasteiger partial charge is 0.497 e. The molecule has 4 rings (SSSR count). The van der Waals surface area contributed by atoms with Crippen LogP contribution in [-0.2, 0) is 4.79 Å². The Morgan fingerprint density at radius 3 is 2.46 bits per heavy atom. The van der Waals surface area contributed by atoms with E-state index in [0.717, 1.165) is 26.4 Å². The number of hydrogen-bond donors (Lipinski definition) is 1. The van der Waals surface area contributed by atoms with Gasteiger partial charge in [0.2, 0.25) is 5.91 Å². The summed E-state index contributed by atoms with van der Waals surface area (Å²) in [5, 5.41) is 3.21. The third kappa shape index (κ3) is 4.18. The zero-order chi connectivity index (χ0) is 19.3. The number of rotatable bonds is 6. The third-order valence-electron chi connectivity index (χ3n) is 4.16. The molecule has 1 N–H and O–H groups in total. The van der Waals surface area contributed by atoms with Gasteiger partial charge in [-0.3, -0.25) is 4.79 Å². The predicted octanol–water partition coefficient (Wildman–Crippen LogP) is 5.78. The van der Waals surface area contributed by atoms with Gasteiger partial charge in [-0.15, -0.1) is 11.8 Å². The molecule has 0 aliphatic heterocycles. The van der Waals surface area contributed by atoms with E-state index in [1.807, 2.05) is 78.9 Å². The highest BCUT2D eigenvalue weighted by Crippen LogP contribution is 2.37. The van der Waals surface area contributed by atoms with Crippen molar-refractivity contribution in [3.63, 3.8) is 0 Å². The summed E-state index contributed by atoms with van der Waals surface area (Å²) in [5.41, 5.74) is 1.80. The molecule has 3 aromatic carbocycles. The van der Waals surface area contributed by atoms with Crippen LogP contribution < -0.4 is 10.1 Å². The van der Waals surface area contributed by atoms with Gasteiger partial charge in [0.15, 0.2) is 5.13 Å². The summed E-state index contributed by atoms with van der Waals surface area (Å²) in [6.45, 7) is 0. The molecule has 140 valence electrons. The van der Waals surface area contributed by atoms with E-state index in [4.69, 9.17) is 4.74 Å². The minimum absolute atomic E-state index is 0.0916. The Morgan fingerprint density at radius 2 is 1.75 bits per heavy atom. The van der Waals surface area contributed by atoms with Crippen molar-refractivity contribution in [2.24, 2.45) is 0 Å². The summed E-state index contributed by atoms with van der Waals surface area (Å²) in [7, 11) is 1.64. The lowest BCUT2D eigenvalue weighted by molar-refractivity contribution is -0.115. The average Bonchev–Trinajstić information content (AvgIpc) is 3.14. The maximum absolute atomic E-state index is 13.1. The fraction of sp³-hybridized carbons (Fsp3) is 0.0909. The van der Waals surface area contributed by atoms with Gasteiger partial charge in [-0.25, -0.2) is 4.98 Å². The van der Waals surface area contributed by atoms with Gasteiger partial charge in [0.05, 0.1) is 17.3 Å². The van der Waals surface area contributed by atoms with Crippen LogP contribution in [-0.4, -0.2) is 18.0 Å². The predicted molar refractivity (Wildman–Crippen MR) is 116 cm³/mol. The lowest BCUT2D eigenvalue weighted by atomic mass is 10.1. The smallest absolute Gasteiger partial charge is 0.244 e. The van der Waals surface area contributed by atoms with Crippen LogP contribution in [0.15, 0.2) is 83.8 Å². The normalized spacial score (nSPS) is 11.9. The molecule has 28 heavy (non-hydrogen) atoms. The average molecular weight is 407 g/mol. The van der Waals surface area contributed by atoms with Crippen molar-refractivity contribution in [3.05, 3.63) is 84.4 Å². The number of benzene rings is 3. The lowest BCUT2D eigenvalue weighted by Crippen LogP contribution is -2.18. The van der Waals surface area contributed by atoms with Gasteiger partial charge in [0.1, 0.15) is 11.0 Å². The highest BCUT2D eigenvalue weighted by Gasteiger charge is 2.23. The highest BCUT2D eigenvalue weighted by atomic mass is 32.2. The molecule has 1 aromatic heterocycles. The van der Waals surface area contributed by atoms with Crippen LogP contribution in [0.1, 0.15) is 10.8 Å². The van der Waals surface area contributed by atoms with Crippen molar-refractivity contribution in [2.45, 2.75) is 10.1 Å². The van der Waals surface area contributed by atoms with Crippen molar-refractivity contribution in [1.29, 1.82) is 0 Å². The van der Waals surface area contributed by atoms with Crippen molar-refractivity contribution in [2.75, 3.05) is 12.4 Å². The first-order valence-electron chi connectivity index (χ1n) is 8.75. The molecule has 0 spiro atoms. The van der Waals surface area contributed by atoms with Crippen molar-refractivity contribution in [1.82, 2.24) is 4.98 Å². The van der Waals surface area contributed by atoms with E-state index < -0.39 is 0 Å². The van der Waals surface area contributed by atoms with E-state index in [1.165, 1.54) is 23.1 Å². The van der Waals surface area contributed by atoms with Gasteiger partial charge in [-0.2, -0.15) is 0 Å². The first-order valence-corrected chi connectivity index (χ1v) is 10.4. The maximum atomic E-state index is 13.1. The van der Waals surface area contributed by atoms with Crippen LogP contribution in [0, 0.1) is 0 Å². The topological polar surface area (TPSA) is 51.2 Å². The van der Waals surface area contributed by atoms with E-state index in [-0.39, 0.29) is 11.2 Å². The Bertz CT molecular complexity index is 1080. The fourth-order valence-electron chi connectivity index (χ4n) is 2.79. The second kappa shape index (κ2) is 8.46. The molecule has 4 nitrogen and oxygen atoms in total. The Labute approximate surface area is 171 Å². The minimum atomic E-state index is -0.370. The number of carbonyl (C=O) groups is 1. The van der Waals surface area contributed by atoms with Gasteiger partial charge in [-0.1, -0.05) is 59.9 Å². The number of thioether (sulfide) groups is 1. The highest BCUT2D eigenvalue weighted by molar-refractivity contribution is 8.00. The molecular weight excluding hydrogens is 388 g/mol. The number of aromatic nitrogens is 1. The second-order valence-corrected chi connectivity index (χ2v) is 8.27. The van der Waals surface area contributed by atoms with Crippen molar-refractivity contribution in [3.8, 4) is 5.75 Å². The Morgan fingerprint density at radius 1 is 1.04 bits per heavy atom. The number of ether oxygens (including phenoxy) is 1. The monoisotopic (exact) mass is 406 g/mol. The van der Waals surface area contributed by atoms with Crippen LogP contribution in [0.2, 0.25) is 0 Å². The van der Waals surface area contributed by atoms with Crippen LogP contribution in [0.4, 0.5) is 5.13 Å². The molecule has 0 unspecified atom stereocenters. The molecule has 1 amide bonds. The summed E-state index contributed by atoms with van der Waals surface area (Å²) >= 11 is 2.97. The number of nitrogens with one attached hydrogen (secondary N) is 1. The molecular formula is C22H18N2O2S2. The Balaban J connectivity index is 1.60. The van der Waals surface area contributed by atoms with Crippen LogP contribution in [0.3, 0.4) is 0 Å². The van der Waals surface area contributed by atoms with Crippen LogP contribution in [0.5, 0.6) is 5.75 Å². The number of fused-ring (bicyclic) bond motifs is 1. The number of amides is 1. The standard InChI is InChI=1S/C22H18N2O2S2/c1-26-16-12-13-18-19(14-16)28-22(23-18)24-21(25)20(15-8-4-2-5-9-15)27-17-10-6-3-7-11-17/h2-14,20H,1H3,(H,23,24,25)/t20-/m1/s1. The molecule has 0 radical (unpaired) electrons. The number of anilines is 1. The molecule has 0 aliphatic rings. The zero-order valence-electron chi connectivity index (χ0n) is 15.2. The fourth-order valence-corrected chi connectivity index (χ4v) is 4.74. The van der Waals surface area contributed by atoms with Crippen molar-refractivity contribution < 1.29 is 9.53 Å². The van der Waals surface area contributed by atoms with E-state index in [0.29, 0.717) is 5.13 Å². The number of carbonyl (C=O) groups excluding carboxylic acids is 1. The first-order chi connectivity index (χ1) is 13.7. The Hall–Kier alpha value is -2.83. The number of hydrogen-bond acceptors (Lipinski definition) is 5. The second-order valence-electron chi connectivity index (χ2n) is 6.06. The zero-order valence-corrected chi connectivity index (χ0v) is 16.8. The van der Waals surface area contributed by atoms with E-state index in [2.05, 4.69) is 10.3 Å². The van der Waals surface area contributed by atoms with Crippen molar-refractivity contribution >= 4 is 44.4 Å². The van der Waals surface area contributed by atoms with Crippen LogP contribution in [0.25, 0.3) is 10.2 Å². The summed E-state index contributed by atoms with van der Waals surface area (Å²) in [6, 6.07) is 25.4. The van der Waals surface area contributed by atoms with Gasteiger partial charge in [-0.05, 0) is 35.9 Å². The number of thiazole rings is 1. The molecule has 1 atom stereocenters. The molecule has 6 heteroatoms. The molecule has 1 heterocycles. The van der Waals surface area contributed by atoms with Crippen LogP contribution >= 0.6 is 23.1 Å². The maximum Gasteiger partial charge on any atom is 0.244 e. The van der Waals surface area contributed by atoms with E-state index >= 15 is 0 Å². The molecule has 4 aromatic rings. The molecule has 0 fully saturated rings. The number of nitrogens with zero attached hydrogens (tertiary/aromatic N) is 1. The van der Waals surface area contributed by atoms with E-state index in [9.17, 15) is 4.79 Å². The summed E-state index contributed by atoms with van der Waals surface area (Å²) in [4.78, 5) is 18.7. The van der Waals surface area contributed by atoms with E-state index in [1.54, 1.807) is 7.11 Å². The SMILES string of the molecule is COc1ccc2nc(NC(=O)[C@H](Sc3ccccc3)c3ccccc3)sc2c1. The first kappa shape index (κ1) is 18.5. The molecule has 0 saturated carbocycles. The third-order valence-corrected chi connectivity index (χ3v) is 6.36. The quantitative estimate of drug-likeness (QED) is 0.413. The lowest BCUT2D eigenvalue weighted by Gasteiger charge is -2.16. The summed E-state index contributed by atoms with van der Waals surface area (Å²) < 4.78 is 6.24. The molecule has 0 saturated heterocycles. The number of methoxy groups -OCH3 is 1. The molecule has 0 bridgehead atoms. The Kier molecular flexibility index (Phi) is 5.60. The van der Waals surface area contributed by atoms with Gasteiger partial charge in [0.25, 0.3) is 0 Å². The molecule has 0 aliphatic carbocycles. The minimum Gasteiger partial charge on any atom is -0.497 e. The van der Waals surface area contributed by atoms with Gasteiger partial charge < -0.3 is 10.1 Å². The van der Waals surface area contributed by atoms with Gasteiger partial charge in [0, 0.05) is 4.90 Å². The summed E-state index contributed by atoms with van der Waals surface area (Å²) in [6.07, 6.45) is 0. The van der Waals surface area contributed by atoms with Gasteiger partial charge >= 0.3 is 0 Å².